The van der Waals surface area contributed by atoms with Gasteiger partial charge in [-0.3, -0.25) is 4.90 Å². The Balaban J connectivity index is 1.36. The molecule has 3 aromatic rings. The van der Waals surface area contributed by atoms with Crippen LogP contribution in [0.5, 0.6) is 0 Å². The molecule has 1 atom stereocenters. The lowest BCUT2D eigenvalue weighted by Crippen LogP contribution is -2.52. The number of likely N-dealkylation sites (tertiary alicyclic amines) is 1. The molecule has 4 rings (SSSR count). The molecule has 0 spiro atoms. The van der Waals surface area contributed by atoms with Crippen LogP contribution in [0.15, 0.2) is 71.9 Å². The van der Waals surface area contributed by atoms with Crippen LogP contribution in [0.3, 0.4) is 0 Å². The van der Waals surface area contributed by atoms with Crippen molar-refractivity contribution in [1.29, 1.82) is 0 Å². The van der Waals surface area contributed by atoms with Gasteiger partial charge in [0, 0.05) is 30.6 Å². The van der Waals surface area contributed by atoms with Crippen LogP contribution in [0, 0.1) is 13.8 Å². The summed E-state index contributed by atoms with van der Waals surface area (Å²) in [6.07, 6.45) is -0.628. The summed E-state index contributed by atoms with van der Waals surface area (Å²) in [5.74, 6) is 0.0497. The van der Waals surface area contributed by atoms with E-state index in [1.54, 1.807) is 0 Å². The Morgan fingerprint density at radius 1 is 1.03 bits per heavy atom. The van der Waals surface area contributed by atoms with E-state index >= 15 is 0 Å². The summed E-state index contributed by atoms with van der Waals surface area (Å²) in [6, 6.07) is 22.7. The minimum atomic E-state index is -1.21. The van der Waals surface area contributed by atoms with Gasteiger partial charge in [0.2, 0.25) is 0 Å². The first kappa shape index (κ1) is 26.7. The number of rotatable bonds is 10. The minimum Gasteiger partial charge on any atom is -0.450 e. The first-order valence-electron chi connectivity index (χ1n) is 12.4. The quantitative estimate of drug-likeness (QED) is 0.182. The van der Waals surface area contributed by atoms with Gasteiger partial charge in [-0.1, -0.05) is 71.4 Å². The summed E-state index contributed by atoms with van der Waals surface area (Å²) in [6.45, 7) is 8.65. The Morgan fingerprint density at radius 3 is 2.41 bits per heavy atom. The zero-order valence-corrected chi connectivity index (χ0v) is 22.2. The second kappa shape index (κ2) is 12.3. The zero-order valence-electron chi connectivity index (χ0n) is 21.5. The van der Waals surface area contributed by atoms with Crippen LogP contribution in [0.25, 0.3) is 0 Å². The molecule has 1 heterocycles. The highest BCUT2D eigenvalue weighted by Gasteiger charge is 2.29. The topological polar surface area (TPSA) is 71.4 Å². The average Bonchev–Trinajstić information content (AvgIpc) is 2.84. The largest absolute Gasteiger partial charge is 0.506 e. The lowest BCUT2D eigenvalue weighted by molar-refractivity contribution is -0.0363. The summed E-state index contributed by atoms with van der Waals surface area (Å²) >= 11 is 6.31. The molecule has 1 saturated heterocycles. The molecule has 1 aliphatic rings. The lowest BCUT2D eigenvalue weighted by atomic mass is 9.88. The first-order valence-corrected chi connectivity index (χ1v) is 12.8. The standard InChI is InChI=1S/C30H33ClN2O4/c1-20-7-8-25(13-21(20)2)14-29(26-5-4-6-27(31)15-26)22(3)32-36-19-24-11-9-23(10-12-24)16-33-17-28(18-33)37-30(34)35/h4-13,15,28-29H,14,16-19H2,1-3H3,(H,34,35)/b32-22+. The third-order valence-corrected chi connectivity index (χ3v) is 7.06. The number of nitrogens with zero attached hydrogens (tertiary/aromatic N) is 2. The number of hydrogen-bond acceptors (Lipinski definition) is 5. The Hall–Kier alpha value is -3.35. The van der Waals surface area contributed by atoms with Crippen molar-refractivity contribution < 1.29 is 19.5 Å². The summed E-state index contributed by atoms with van der Waals surface area (Å²) in [5.41, 5.74) is 8.01. The van der Waals surface area contributed by atoms with E-state index in [4.69, 9.17) is 26.3 Å². The Bertz CT molecular complexity index is 1250. The minimum absolute atomic E-state index is 0.0497. The van der Waals surface area contributed by atoms with E-state index in [2.05, 4.69) is 60.3 Å². The smallest absolute Gasteiger partial charge is 0.450 e. The Labute approximate surface area is 223 Å². The predicted molar refractivity (Wildman–Crippen MR) is 146 cm³/mol. The van der Waals surface area contributed by atoms with E-state index in [0.717, 1.165) is 35.4 Å². The zero-order chi connectivity index (χ0) is 26.4. The number of oxime groups is 1. The maximum atomic E-state index is 10.6. The molecule has 0 bridgehead atoms. The summed E-state index contributed by atoms with van der Waals surface area (Å²) in [4.78, 5) is 18.5. The number of halogens is 1. The molecule has 6 nitrogen and oxygen atoms in total. The molecular formula is C30H33ClN2O4. The fraction of sp³-hybridized carbons (Fsp3) is 0.333. The van der Waals surface area contributed by atoms with Gasteiger partial charge in [0.05, 0.1) is 5.71 Å². The molecular weight excluding hydrogens is 488 g/mol. The number of hydrogen-bond donors (Lipinski definition) is 1. The second-order valence-electron chi connectivity index (χ2n) is 9.75. The molecule has 0 saturated carbocycles. The summed E-state index contributed by atoms with van der Waals surface area (Å²) in [7, 11) is 0. The Kier molecular flexibility index (Phi) is 8.85. The monoisotopic (exact) mass is 520 g/mol. The van der Waals surface area contributed by atoms with Crippen LogP contribution in [0.1, 0.15) is 46.2 Å². The van der Waals surface area contributed by atoms with Crippen molar-refractivity contribution in [2.75, 3.05) is 13.1 Å². The van der Waals surface area contributed by atoms with Crippen LogP contribution in [0.2, 0.25) is 5.02 Å². The van der Waals surface area contributed by atoms with Gasteiger partial charge in [0.15, 0.2) is 0 Å². The third-order valence-electron chi connectivity index (χ3n) is 6.83. The first-order chi connectivity index (χ1) is 17.8. The highest BCUT2D eigenvalue weighted by molar-refractivity contribution is 6.30. The normalized spacial score (nSPS) is 15.2. The molecule has 0 radical (unpaired) electrons. The van der Waals surface area contributed by atoms with Crippen LogP contribution in [0.4, 0.5) is 4.79 Å². The maximum Gasteiger partial charge on any atom is 0.506 e. The van der Waals surface area contributed by atoms with Gasteiger partial charge in [0.25, 0.3) is 0 Å². The fourth-order valence-corrected chi connectivity index (χ4v) is 4.74. The molecule has 37 heavy (non-hydrogen) atoms. The summed E-state index contributed by atoms with van der Waals surface area (Å²) in [5, 5.41) is 13.9. The van der Waals surface area contributed by atoms with E-state index in [0.29, 0.717) is 24.7 Å². The van der Waals surface area contributed by atoms with Gasteiger partial charge in [-0.25, -0.2) is 4.79 Å². The van der Waals surface area contributed by atoms with Gasteiger partial charge >= 0.3 is 6.16 Å². The number of carboxylic acid groups (broad SMARTS) is 1. The highest BCUT2D eigenvalue weighted by atomic mass is 35.5. The Morgan fingerprint density at radius 2 is 1.73 bits per heavy atom. The van der Waals surface area contributed by atoms with E-state index in [1.165, 1.54) is 16.7 Å². The number of carbonyl (C=O) groups is 1. The van der Waals surface area contributed by atoms with E-state index in [9.17, 15) is 4.79 Å². The molecule has 1 N–H and O–H groups in total. The van der Waals surface area contributed by atoms with E-state index < -0.39 is 6.16 Å². The molecule has 194 valence electrons. The highest BCUT2D eigenvalue weighted by Crippen LogP contribution is 2.26. The van der Waals surface area contributed by atoms with Crippen molar-refractivity contribution in [3.63, 3.8) is 0 Å². The average molecular weight is 521 g/mol. The second-order valence-corrected chi connectivity index (χ2v) is 10.2. The van der Waals surface area contributed by atoms with Gasteiger partial charge in [-0.15, -0.1) is 0 Å². The van der Waals surface area contributed by atoms with Crippen LogP contribution >= 0.6 is 11.6 Å². The van der Waals surface area contributed by atoms with Gasteiger partial charge in [-0.2, -0.15) is 0 Å². The van der Waals surface area contributed by atoms with Crippen LogP contribution in [-0.2, 0) is 29.1 Å². The van der Waals surface area contributed by atoms with Crippen molar-refractivity contribution >= 4 is 23.5 Å². The number of ether oxygens (including phenoxy) is 1. The van der Waals surface area contributed by atoms with E-state index in [-0.39, 0.29) is 12.0 Å². The predicted octanol–water partition coefficient (Wildman–Crippen LogP) is 6.75. The van der Waals surface area contributed by atoms with Gasteiger partial charge in [0.1, 0.15) is 12.7 Å². The molecule has 0 amide bonds. The molecule has 1 unspecified atom stereocenters. The molecule has 1 aliphatic heterocycles. The van der Waals surface area contributed by atoms with Crippen LogP contribution < -0.4 is 0 Å². The maximum absolute atomic E-state index is 10.6. The lowest BCUT2D eigenvalue weighted by Gasteiger charge is -2.37. The molecule has 3 aromatic carbocycles. The van der Waals surface area contributed by atoms with Crippen molar-refractivity contribution in [2.45, 2.75) is 52.4 Å². The van der Waals surface area contributed by atoms with Crippen molar-refractivity contribution in [3.8, 4) is 0 Å². The van der Waals surface area contributed by atoms with Crippen LogP contribution in [-0.4, -0.2) is 41.1 Å². The molecule has 0 aromatic heterocycles. The summed E-state index contributed by atoms with van der Waals surface area (Å²) < 4.78 is 4.77. The molecule has 0 aliphatic carbocycles. The SMILES string of the molecule is C/C(=N\OCc1ccc(CN2CC(OC(=O)O)C2)cc1)C(Cc1ccc(C)c(C)c1)c1cccc(Cl)c1. The number of benzene rings is 3. The molecule has 1 fully saturated rings. The van der Waals surface area contributed by atoms with Gasteiger partial charge in [-0.05, 0) is 72.7 Å². The molecule has 7 heteroatoms. The van der Waals surface area contributed by atoms with Crippen molar-refractivity contribution in [2.24, 2.45) is 5.16 Å². The number of aryl methyl sites for hydroxylation is 2. The van der Waals surface area contributed by atoms with Crippen molar-refractivity contribution in [3.05, 3.63) is 105 Å². The van der Waals surface area contributed by atoms with E-state index in [1.807, 2.05) is 37.3 Å². The third kappa shape index (κ3) is 7.57. The van der Waals surface area contributed by atoms with Gasteiger partial charge < -0.3 is 14.7 Å². The fourth-order valence-electron chi connectivity index (χ4n) is 4.54. The van der Waals surface area contributed by atoms with Crippen molar-refractivity contribution in [1.82, 2.24) is 4.90 Å².